The monoisotopic (exact) mass is 432 g/mol. The molecule has 2 amide bonds. The van der Waals surface area contributed by atoms with Crippen LogP contribution in [0, 0.1) is 0 Å². The third-order valence-corrected chi connectivity index (χ3v) is 5.06. The second kappa shape index (κ2) is 8.29. The summed E-state index contributed by atoms with van der Waals surface area (Å²) < 4.78 is 50.2. The molecule has 4 rings (SSSR count). The maximum atomic E-state index is 13.2. The minimum Gasteiger partial charge on any atom is -0.497 e. The minimum atomic E-state index is -4.58. The molecule has 1 aliphatic heterocycles. The van der Waals surface area contributed by atoms with E-state index in [1.807, 2.05) is 0 Å². The number of ether oxygens (including phenoxy) is 1. The van der Waals surface area contributed by atoms with Gasteiger partial charge in [0.1, 0.15) is 11.8 Å². The number of methoxy groups -OCH3 is 1. The average molecular weight is 432 g/mol. The van der Waals surface area contributed by atoms with E-state index in [0.29, 0.717) is 36.5 Å². The zero-order chi connectivity index (χ0) is 22.0. The van der Waals surface area contributed by atoms with Gasteiger partial charge in [0.2, 0.25) is 11.7 Å². The summed E-state index contributed by atoms with van der Waals surface area (Å²) in [6.07, 6.45) is -3.34. The number of carbonyl (C=O) groups is 1. The van der Waals surface area contributed by atoms with E-state index in [0.717, 1.165) is 6.07 Å². The molecule has 1 unspecified atom stereocenters. The Labute approximate surface area is 175 Å². The maximum absolute atomic E-state index is 13.2. The SMILES string of the molecule is COc1ccc(-c2noc(C3CCCN3C(=O)Nc3ccccc3C(F)(F)F)n2)cc1. The Kier molecular flexibility index (Phi) is 5.53. The normalized spacial score (nSPS) is 16.4. The molecule has 162 valence electrons. The molecule has 0 bridgehead atoms. The average Bonchev–Trinajstić information content (AvgIpc) is 3.43. The van der Waals surface area contributed by atoms with Crippen molar-refractivity contribution in [1.29, 1.82) is 0 Å². The summed E-state index contributed by atoms with van der Waals surface area (Å²) in [5, 5.41) is 6.35. The lowest BCUT2D eigenvalue weighted by Crippen LogP contribution is -2.35. The number of hydrogen-bond donors (Lipinski definition) is 1. The molecular formula is C21H19F3N4O3. The molecule has 0 spiro atoms. The van der Waals surface area contributed by atoms with Gasteiger partial charge in [-0.1, -0.05) is 17.3 Å². The summed E-state index contributed by atoms with van der Waals surface area (Å²) in [4.78, 5) is 18.6. The summed E-state index contributed by atoms with van der Waals surface area (Å²) in [6.45, 7) is 0.366. The zero-order valence-corrected chi connectivity index (χ0v) is 16.5. The molecule has 0 aliphatic carbocycles. The van der Waals surface area contributed by atoms with Crippen LogP contribution in [0.1, 0.15) is 30.3 Å². The van der Waals surface area contributed by atoms with Gasteiger partial charge in [0.25, 0.3) is 0 Å². The highest BCUT2D eigenvalue weighted by Gasteiger charge is 2.37. The number of carbonyl (C=O) groups excluding carboxylic acids is 1. The van der Waals surface area contributed by atoms with Gasteiger partial charge in [-0.2, -0.15) is 18.2 Å². The lowest BCUT2D eigenvalue weighted by atomic mass is 10.1. The van der Waals surface area contributed by atoms with Crippen LogP contribution in [0.15, 0.2) is 53.1 Å². The first-order valence-electron chi connectivity index (χ1n) is 9.58. The van der Waals surface area contributed by atoms with Gasteiger partial charge in [-0.05, 0) is 49.2 Å². The summed E-state index contributed by atoms with van der Waals surface area (Å²) in [5.41, 5.74) is -0.488. The van der Waals surface area contributed by atoms with E-state index < -0.39 is 23.8 Å². The Morgan fingerprint density at radius 3 is 2.65 bits per heavy atom. The molecule has 0 radical (unpaired) electrons. The number of benzene rings is 2. The summed E-state index contributed by atoms with van der Waals surface area (Å²) in [6, 6.07) is 10.8. The molecule has 1 saturated heterocycles. The van der Waals surface area contributed by atoms with Crippen molar-refractivity contribution in [2.24, 2.45) is 0 Å². The lowest BCUT2D eigenvalue weighted by Gasteiger charge is -2.23. The molecule has 1 N–H and O–H groups in total. The Morgan fingerprint density at radius 2 is 1.94 bits per heavy atom. The van der Waals surface area contributed by atoms with Crippen molar-refractivity contribution < 1.29 is 27.2 Å². The second-order valence-corrected chi connectivity index (χ2v) is 7.01. The molecule has 1 aliphatic rings. The first-order valence-corrected chi connectivity index (χ1v) is 9.58. The molecule has 1 atom stereocenters. The van der Waals surface area contributed by atoms with E-state index in [9.17, 15) is 18.0 Å². The lowest BCUT2D eigenvalue weighted by molar-refractivity contribution is -0.136. The molecule has 3 aromatic rings. The predicted octanol–water partition coefficient (Wildman–Crippen LogP) is 5.13. The number of halogens is 3. The number of amides is 2. The van der Waals surface area contributed by atoms with Crippen molar-refractivity contribution in [2.45, 2.75) is 25.1 Å². The van der Waals surface area contributed by atoms with Crippen LogP contribution in [0.5, 0.6) is 5.75 Å². The Balaban J connectivity index is 1.52. The quantitative estimate of drug-likeness (QED) is 0.618. The number of likely N-dealkylation sites (tertiary alicyclic amines) is 1. The largest absolute Gasteiger partial charge is 0.497 e. The number of hydrogen-bond acceptors (Lipinski definition) is 5. The standard InChI is InChI=1S/C21H19F3N4O3/c1-30-14-10-8-13(9-11-14)18-26-19(31-27-18)17-7-4-12-28(17)20(29)25-16-6-3-2-5-15(16)21(22,23)24/h2-3,5-6,8-11,17H,4,7,12H2,1H3,(H,25,29). The number of nitrogens with zero attached hydrogens (tertiary/aromatic N) is 3. The maximum Gasteiger partial charge on any atom is 0.418 e. The molecule has 1 fully saturated rings. The highest BCUT2D eigenvalue weighted by atomic mass is 19.4. The number of anilines is 1. The first-order chi connectivity index (χ1) is 14.9. The van der Waals surface area contributed by atoms with Crippen molar-refractivity contribution in [3.05, 3.63) is 60.0 Å². The van der Waals surface area contributed by atoms with Crippen LogP contribution in [0.3, 0.4) is 0 Å². The highest BCUT2D eigenvalue weighted by Crippen LogP contribution is 2.36. The van der Waals surface area contributed by atoms with Gasteiger partial charge in [0, 0.05) is 12.1 Å². The number of rotatable bonds is 4. The van der Waals surface area contributed by atoms with Crippen molar-refractivity contribution >= 4 is 11.7 Å². The summed E-state index contributed by atoms with van der Waals surface area (Å²) in [7, 11) is 1.56. The minimum absolute atomic E-state index is 0.238. The van der Waals surface area contributed by atoms with Crippen LogP contribution < -0.4 is 10.1 Å². The number of alkyl halides is 3. The summed E-state index contributed by atoms with van der Waals surface area (Å²) in [5.74, 6) is 1.28. The van der Waals surface area contributed by atoms with Gasteiger partial charge in [0.05, 0.1) is 18.4 Å². The van der Waals surface area contributed by atoms with Gasteiger partial charge in [-0.3, -0.25) is 0 Å². The Morgan fingerprint density at radius 1 is 1.19 bits per heavy atom. The smallest absolute Gasteiger partial charge is 0.418 e. The van der Waals surface area contributed by atoms with Crippen molar-refractivity contribution in [1.82, 2.24) is 15.0 Å². The third kappa shape index (κ3) is 4.32. The van der Waals surface area contributed by atoms with E-state index in [1.54, 1.807) is 31.4 Å². The van der Waals surface area contributed by atoms with Crippen LogP contribution in [0.4, 0.5) is 23.7 Å². The third-order valence-electron chi connectivity index (χ3n) is 5.06. The molecular weight excluding hydrogens is 413 g/mol. The highest BCUT2D eigenvalue weighted by molar-refractivity contribution is 5.90. The predicted molar refractivity (Wildman–Crippen MR) is 105 cm³/mol. The van der Waals surface area contributed by atoms with Crippen molar-refractivity contribution in [3.63, 3.8) is 0 Å². The van der Waals surface area contributed by atoms with Gasteiger partial charge >= 0.3 is 12.2 Å². The molecule has 1 aromatic heterocycles. The number of para-hydroxylation sites is 1. The van der Waals surface area contributed by atoms with Crippen molar-refractivity contribution in [3.8, 4) is 17.1 Å². The number of nitrogens with one attached hydrogen (secondary N) is 1. The Bertz CT molecular complexity index is 1070. The Hall–Kier alpha value is -3.56. The van der Waals surface area contributed by atoms with E-state index in [1.165, 1.54) is 23.1 Å². The molecule has 10 heteroatoms. The van der Waals surface area contributed by atoms with E-state index in [4.69, 9.17) is 9.26 Å². The molecule has 0 saturated carbocycles. The topological polar surface area (TPSA) is 80.5 Å². The van der Waals surface area contributed by atoms with Crippen LogP contribution in [0.25, 0.3) is 11.4 Å². The molecule has 2 aromatic carbocycles. The van der Waals surface area contributed by atoms with Crippen LogP contribution in [-0.4, -0.2) is 34.7 Å². The molecule has 2 heterocycles. The van der Waals surface area contributed by atoms with E-state index in [-0.39, 0.29) is 11.6 Å². The van der Waals surface area contributed by atoms with E-state index >= 15 is 0 Å². The molecule has 7 nitrogen and oxygen atoms in total. The van der Waals surface area contributed by atoms with Gasteiger partial charge in [0.15, 0.2) is 0 Å². The summed E-state index contributed by atoms with van der Waals surface area (Å²) >= 11 is 0. The number of urea groups is 1. The van der Waals surface area contributed by atoms with Crippen LogP contribution >= 0.6 is 0 Å². The zero-order valence-electron chi connectivity index (χ0n) is 16.5. The molecule has 31 heavy (non-hydrogen) atoms. The fourth-order valence-electron chi connectivity index (χ4n) is 3.52. The fraction of sp³-hybridized carbons (Fsp3) is 0.286. The second-order valence-electron chi connectivity index (χ2n) is 7.01. The van der Waals surface area contributed by atoms with Gasteiger partial charge in [-0.15, -0.1) is 0 Å². The number of aromatic nitrogens is 2. The van der Waals surface area contributed by atoms with Crippen LogP contribution in [-0.2, 0) is 6.18 Å². The fourth-order valence-corrected chi connectivity index (χ4v) is 3.52. The van der Waals surface area contributed by atoms with E-state index in [2.05, 4.69) is 15.5 Å². The van der Waals surface area contributed by atoms with Crippen molar-refractivity contribution in [2.75, 3.05) is 19.0 Å². The first kappa shape index (κ1) is 20.7. The van der Waals surface area contributed by atoms with Gasteiger partial charge in [-0.25, -0.2) is 4.79 Å². The van der Waals surface area contributed by atoms with Crippen LogP contribution in [0.2, 0.25) is 0 Å². The van der Waals surface area contributed by atoms with Gasteiger partial charge < -0.3 is 19.5 Å².